The molecule has 1 aliphatic carbocycles. The van der Waals surface area contributed by atoms with Gasteiger partial charge in [0, 0.05) is 12.6 Å². The lowest BCUT2D eigenvalue weighted by molar-refractivity contribution is -0.140. The number of nitrogens with one attached hydrogen (secondary N) is 1. The second-order valence-corrected chi connectivity index (χ2v) is 13.4. The molecule has 0 bridgehead atoms. The van der Waals surface area contributed by atoms with Crippen molar-refractivity contribution in [2.24, 2.45) is 0 Å². The van der Waals surface area contributed by atoms with Gasteiger partial charge in [0.1, 0.15) is 18.3 Å². The van der Waals surface area contributed by atoms with Crippen LogP contribution in [0, 0.1) is 0 Å². The summed E-state index contributed by atoms with van der Waals surface area (Å²) in [6.45, 7) is 1.24. The highest BCUT2D eigenvalue weighted by molar-refractivity contribution is 7.92. The first-order valence-electron chi connectivity index (χ1n) is 14.0. The van der Waals surface area contributed by atoms with Gasteiger partial charge in [-0.1, -0.05) is 78.8 Å². The molecule has 230 valence electrons. The van der Waals surface area contributed by atoms with Crippen LogP contribution in [-0.2, 0) is 26.2 Å². The van der Waals surface area contributed by atoms with Crippen molar-refractivity contribution in [3.8, 4) is 5.75 Å². The fourth-order valence-electron chi connectivity index (χ4n) is 5.18. The van der Waals surface area contributed by atoms with Gasteiger partial charge in [0.15, 0.2) is 0 Å². The maximum absolute atomic E-state index is 14.2. The zero-order valence-corrected chi connectivity index (χ0v) is 27.0. The van der Waals surface area contributed by atoms with E-state index in [4.69, 9.17) is 39.5 Å². The van der Waals surface area contributed by atoms with Crippen molar-refractivity contribution in [1.29, 1.82) is 0 Å². The average molecular weight is 667 g/mol. The number of nitrogens with zero attached hydrogens (tertiary/aromatic N) is 2. The third-order valence-corrected chi connectivity index (χ3v) is 10.3. The number of ether oxygens (including phenoxy) is 1. The van der Waals surface area contributed by atoms with Crippen LogP contribution in [0.2, 0.25) is 15.1 Å². The quantitative estimate of drug-likeness (QED) is 0.232. The lowest BCUT2D eigenvalue weighted by atomic mass is 10.1. The minimum atomic E-state index is -4.23. The summed E-state index contributed by atoms with van der Waals surface area (Å²) in [5.41, 5.74) is 0.806. The highest BCUT2D eigenvalue weighted by Crippen LogP contribution is 2.32. The first-order chi connectivity index (χ1) is 20.5. The van der Waals surface area contributed by atoms with Crippen molar-refractivity contribution in [2.75, 3.05) is 18.0 Å². The molecule has 1 atom stereocenters. The van der Waals surface area contributed by atoms with Crippen LogP contribution in [0.5, 0.6) is 5.75 Å². The van der Waals surface area contributed by atoms with E-state index in [0.29, 0.717) is 27.8 Å². The van der Waals surface area contributed by atoms with E-state index < -0.39 is 28.5 Å². The molecule has 0 heterocycles. The summed E-state index contributed by atoms with van der Waals surface area (Å²) in [5.74, 6) is -0.511. The third kappa shape index (κ3) is 7.95. The number of rotatable bonds is 12. The monoisotopic (exact) mass is 665 g/mol. The Kier molecular flexibility index (Phi) is 11.2. The van der Waals surface area contributed by atoms with Crippen LogP contribution in [0.4, 0.5) is 5.69 Å². The van der Waals surface area contributed by atoms with E-state index in [9.17, 15) is 18.0 Å². The van der Waals surface area contributed by atoms with Crippen LogP contribution in [-0.4, -0.2) is 50.9 Å². The number of hydrogen-bond acceptors (Lipinski definition) is 5. The van der Waals surface area contributed by atoms with Gasteiger partial charge in [-0.15, -0.1) is 0 Å². The number of carbonyl (C=O) groups excluding carboxylic acids is 2. The van der Waals surface area contributed by atoms with Gasteiger partial charge in [-0.2, -0.15) is 0 Å². The number of methoxy groups -OCH3 is 1. The molecule has 12 heteroatoms. The summed E-state index contributed by atoms with van der Waals surface area (Å²) in [7, 11) is -2.78. The molecule has 1 fully saturated rings. The second kappa shape index (κ2) is 14.7. The molecule has 8 nitrogen and oxygen atoms in total. The Balaban J connectivity index is 1.74. The predicted molar refractivity (Wildman–Crippen MR) is 170 cm³/mol. The Hall–Kier alpha value is -2.98. The van der Waals surface area contributed by atoms with Crippen LogP contribution in [0.3, 0.4) is 0 Å². The predicted octanol–water partition coefficient (Wildman–Crippen LogP) is 6.72. The van der Waals surface area contributed by atoms with Crippen molar-refractivity contribution in [2.45, 2.75) is 62.6 Å². The molecular formula is C31H34Cl3N3O5S. The zero-order valence-electron chi connectivity index (χ0n) is 23.9. The normalized spacial score (nSPS) is 14.3. The molecule has 0 unspecified atom stereocenters. The molecule has 3 aromatic carbocycles. The maximum atomic E-state index is 14.2. The molecule has 1 saturated carbocycles. The highest BCUT2D eigenvalue weighted by atomic mass is 35.5. The van der Waals surface area contributed by atoms with Gasteiger partial charge in [0.25, 0.3) is 10.0 Å². The van der Waals surface area contributed by atoms with Gasteiger partial charge in [-0.25, -0.2) is 8.42 Å². The topological polar surface area (TPSA) is 96.0 Å². The molecular weight excluding hydrogens is 633 g/mol. The molecule has 0 aliphatic heterocycles. The van der Waals surface area contributed by atoms with Gasteiger partial charge in [-0.05, 0) is 67.3 Å². The smallest absolute Gasteiger partial charge is 0.264 e. The largest absolute Gasteiger partial charge is 0.495 e. The maximum Gasteiger partial charge on any atom is 0.264 e. The van der Waals surface area contributed by atoms with E-state index in [2.05, 4.69) is 5.32 Å². The lowest BCUT2D eigenvalue weighted by Gasteiger charge is -2.34. The van der Waals surface area contributed by atoms with Crippen LogP contribution >= 0.6 is 34.8 Å². The Morgan fingerprint density at radius 1 is 0.953 bits per heavy atom. The van der Waals surface area contributed by atoms with E-state index >= 15 is 0 Å². The first kappa shape index (κ1) is 32.9. The average Bonchev–Trinajstić information content (AvgIpc) is 3.50. The van der Waals surface area contributed by atoms with Crippen LogP contribution < -0.4 is 14.4 Å². The van der Waals surface area contributed by atoms with E-state index in [-0.39, 0.29) is 34.1 Å². The van der Waals surface area contributed by atoms with Crippen molar-refractivity contribution in [3.63, 3.8) is 0 Å². The van der Waals surface area contributed by atoms with Crippen LogP contribution in [0.1, 0.15) is 44.6 Å². The summed E-state index contributed by atoms with van der Waals surface area (Å²) >= 11 is 18.8. The Bertz CT molecular complexity index is 1550. The number of halogens is 3. The number of carbonyl (C=O) groups is 2. The summed E-state index contributed by atoms with van der Waals surface area (Å²) in [6, 6.07) is 16.5. The lowest BCUT2D eigenvalue weighted by Crippen LogP contribution is -2.53. The Morgan fingerprint density at radius 3 is 2.26 bits per heavy atom. The Morgan fingerprint density at radius 2 is 1.65 bits per heavy atom. The number of anilines is 1. The Labute approximate surface area is 267 Å². The van der Waals surface area contributed by atoms with Crippen LogP contribution in [0.15, 0.2) is 71.6 Å². The van der Waals surface area contributed by atoms with Crippen molar-refractivity contribution < 1.29 is 22.7 Å². The molecule has 0 spiro atoms. The molecule has 3 aromatic rings. The fourth-order valence-corrected chi connectivity index (χ4v) is 7.18. The summed E-state index contributed by atoms with van der Waals surface area (Å²) in [6.07, 6.45) is 4.13. The van der Waals surface area contributed by atoms with Gasteiger partial charge in [-0.3, -0.25) is 13.9 Å². The van der Waals surface area contributed by atoms with E-state index in [0.717, 1.165) is 30.0 Å². The van der Waals surface area contributed by atoms with Gasteiger partial charge in [0.05, 0.1) is 32.8 Å². The fraction of sp³-hybridized carbons (Fsp3) is 0.355. The van der Waals surface area contributed by atoms with Crippen molar-refractivity contribution in [3.05, 3.63) is 87.4 Å². The molecule has 0 aromatic heterocycles. The molecule has 2 amide bonds. The molecule has 1 N–H and O–H groups in total. The van der Waals surface area contributed by atoms with E-state index in [1.165, 1.54) is 42.3 Å². The third-order valence-electron chi connectivity index (χ3n) is 7.46. The summed E-state index contributed by atoms with van der Waals surface area (Å²) in [4.78, 5) is 29.2. The van der Waals surface area contributed by atoms with E-state index in [1.807, 2.05) is 6.92 Å². The molecule has 4 rings (SSSR count). The SMILES string of the molecule is CC[C@H](C(=O)NC1CCCC1)N(Cc1ccc(Cl)c(Cl)c1)C(=O)CN(c1ccc(OC)c(Cl)c1)S(=O)(=O)c1ccccc1. The molecule has 1 aliphatic rings. The van der Waals surface area contributed by atoms with Gasteiger partial charge in [0.2, 0.25) is 11.8 Å². The van der Waals surface area contributed by atoms with Crippen molar-refractivity contribution >= 4 is 62.3 Å². The van der Waals surface area contributed by atoms with E-state index in [1.54, 1.807) is 36.4 Å². The highest BCUT2D eigenvalue weighted by Gasteiger charge is 2.34. The number of amides is 2. The molecule has 0 radical (unpaired) electrons. The summed E-state index contributed by atoms with van der Waals surface area (Å²) < 4.78 is 34.2. The first-order valence-corrected chi connectivity index (χ1v) is 16.6. The number of sulfonamides is 1. The van der Waals surface area contributed by atoms with Gasteiger partial charge < -0.3 is 15.0 Å². The van der Waals surface area contributed by atoms with Gasteiger partial charge >= 0.3 is 0 Å². The number of hydrogen-bond donors (Lipinski definition) is 1. The summed E-state index contributed by atoms with van der Waals surface area (Å²) in [5, 5.41) is 3.92. The minimum Gasteiger partial charge on any atom is -0.495 e. The molecule has 43 heavy (non-hydrogen) atoms. The van der Waals surface area contributed by atoms with Crippen molar-refractivity contribution in [1.82, 2.24) is 10.2 Å². The minimum absolute atomic E-state index is 0.00297. The van der Waals surface area contributed by atoms with Crippen LogP contribution in [0.25, 0.3) is 0 Å². The zero-order chi connectivity index (χ0) is 31.1. The number of benzene rings is 3. The molecule has 0 saturated heterocycles. The standard InChI is InChI=1S/C31H34Cl3N3O5S/c1-3-28(31(39)35-22-9-7-8-10-22)36(19-21-13-15-25(32)26(33)17-21)30(38)20-37(23-14-16-29(42-2)27(34)18-23)43(40,41)24-11-5-4-6-12-24/h4-6,11-18,22,28H,3,7-10,19-20H2,1-2H3,(H,35,39)/t28-/m1/s1. The second-order valence-electron chi connectivity index (χ2n) is 10.3.